The van der Waals surface area contributed by atoms with Crippen LogP contribution in [-0.4, -0.2) is 39.8 Å². The third-order valence-corrected chi connectivity index (χ3v) is 3.47. The lowest BCUT2D eigenvalue weighted by atomic mass is 10.3. The summed E-state index contributed by atoms with van der Waals surface area (Å²) in [5.41, 5.74) is 1.13. The van der Waals surface area contributed by atoms with Gasteiger partial charge in [-0.2, -0.15) is 5.10 Å². The molecule has 0 radical (unpaired) electrons. The number of hydrogen-bond donors (Lipinski definition) is 2. The van der Waals surface area contributed by atoms with Gasteiger partial charge in [-0.1, -0.05) is 0 Å². The number of pyridine rings is 1. The summed E-state index contributed by atoms with van der Waals surface area (Å²) in [4.78, 5) is 27.7. The first-order valence-electron chi connectivity index (χ1n) is 7.09. The molecule has 1 saturated carbocycles. The Balaban J connectivity index is 1.75. The number of methoxy groups -OCH3 is 1. The molecule has 2 aromatic heterocycles. The van der Waals surface area contributed by atoms with Crippen LogP contribution in [0, 0.1) is 0 Å². The highest BCUT2D eigenvalue weighted by molar-refractivity contribution is 5.95. The summed E-state index contributed by atoms with van der Waals surface area (Å²) < 4.78 is 6.21. The summed E-state index contributed by atoms with van der Waals surface area (Å²) in [6.45, 7) is 1.55. The second-order valence-electron chi connectivity index (χ2n) is 5.28. The molecule has 0 unspecified atom stereocenters. The largest absolute Gasteiger partial charge is 0.467 e. The summed E-state index contributed by atoms with van der Waals surface area (Å²) in [5, 5.41) is 9.59. The van der Waals surface area contributed by atoms with E-state index >= 15 is 0 Å². The lowest BCUT2D eigenvalue weighted by Gasteiger charge is -2.12. The van der Waals surface area contributed by atoms with E-state index in [2.05, 4.69) is 25.5 Å². The molecule has 0 aromatic carbocycles. The van der Waals surface area contributed by atoms with Crippen molar-refractivity contribution in [3.8, 4) is 0 Å². The monoisotopic (exact) mass is 303 g/mol. The first kappa shape index (κ1) is 14.3. The van der Waals surface area contributed by atoms with Crippen molar-refractivity contribution >= 4 is 23.3 Å². The van der Waals surface area contributed by atoms with E-state index in [9.17, 15) is 9.59 Å². The van der Waals surface area contributed by atoms with Gasteiger partial charge in [0, 0.05) is 12.1 Å². The minimum atomic E-state index is -0.732. The summed E-state index contributed by atoms with van der Waals surface area (Å²) >= 11 is 0. The Bertz CT molecular complexity index is 722. The minimum absolute atomic E-state index is 0.431. The lowest BCUT2D eigenvalue weighted by molar-refractivity contribution is -0.142. The van der Waals surface area contributed by atoms with Crippen LogP contribution in [0.1, 0.15) is 31.5 Å². The molecule has 1 aliphatic rings. The summed E-state index contributed by atoms with van der Waals surface area (Å²) in [5.74, 6) is 0.727. The van der Waals surface area contributed by atoms with Crippen LogP contribution >= 0.6 is 0 Å². The fraction of sp³-hybridized carbons (Fsp3) is 0.429. The van der Waals surface area contributed by atoms with E-state index in [4.69, 9.17) is 0 Å². The van der Waals surface area contributed by atoms with Gasteiger partial charge in [-0.3, -0.25) is 0 Å². The van der Waals surface area contributed by atoms with Crippen LogP contribution in [0.5, 0.6) is 0 Å². The van der Waals surface area contributed by atoms with Crippen LogP contribution in [-0.2, 0) is 9.53 Å². The van der Waals surface area contributed by atoms with Crippen molar-refractivity contribution in [2.75, 3.05) is 12.4 Å². The van der Waals surface area contributed by atoms with Crippen LogP contribution in [0.15, 0.2) is 18.3 Å². The second kappa shape index (κ2) is 5.63. The number of carbonyl (C=O) groups is 2. The quantitative estimate of drug-likeness (QED) is 0.829. The van der Waals surface area contributed by atoms with Crippen molar-refractivity contribution < 1.29 is 14.3 Å². The normalized spacial score (nSPS) is 15.4. The number of anilines is 1. The van der Waals surface area contributed by atoms with Crippen LogP contribution in [0.2, 0.25) is 0 Å². The Morgan fingerprint density at radius 3 is 2.91 bits per heavy atom. The molecular weight excluding hydrogens is 286 g/mol. The topological polar surface area (TPSA) is 97.6 Å². The molecule has 1 aliphatic carbocycles. The van der Waals surface area contributed by atoms with Gasteiger partial charge in [0.25, 0.3) is 0 Å². The fourth-order valence-electron chi connectivity index (χ4n) is 2.13. The third kappa shape index (κ3) is 2.85. The fourth-order valence-corrected chi connectivity index (χ4v) is 2.13. The highest BCUT2D eigenvalue weighted by atomic mass is 16.5. The standard InChI is InChI=1S/C14H17N5O3/c1-8(13(20)22-2)15-14(21)16-10-4-3-7-19-12(10)17-11(18-19)9-5-6-9/h3-4,7-9H,5-6H2,1-2H3,(H2,15,16,21)/t8-/m0/s1. The molecule has 116 valence electrons. The van der Waals surface area contributed by atoms with Crippen molar-refractivity contribution in [1.82, 2.24) is 19.9 Å². The molecule has 0 bridgehead atoms. The molecule has 0 aliphatic heterocycles. The molecule has 3 rings (SSSR count). The van der Waals surface area contributed by atoms with Gasteiger partial charge in [0.05, 0.1) is 12.8 Å². The predicted molar refractivity (Wildman–Crippen MR) is 78.6 cm³/mol. The number of amides is 2. The highest BCUT2D eigenvalue weighted by Gasteiger charge is 2.28. The molecule has 1 fully saturated rings. The molecule has 8 nitrogen and oxygen atoms in total. The number of ether oxygens (including phenoxy) is 1. The Labute approximate surface area is 126 Å². The number of carbonyl (C=O) groups excluding carboxylic acids is 2. The zero-order chi connectivity index (χ0) is 15.7. The number of nitrogens with one attached hydrogen (secondary N) is 2. The van der Waals surface area contributed by atoms with Crippen molar-refractivity contribution in [2.45, 2.75) is 31.7 Å². The average Bonchev–Trinajstić information content (AvgIpc) is 3.25. The number of fused-ring (bicyclic) bond motifs is 1. The van der Waals surface area contributed by atoms with Gasteiger partial charge >= 0.3 is 12.0 Å². The molecule has 2 N–H and O–H groups in total. The number of hydrogen-bond acceptors (Lipinski definition) is 5. The lowest BCUT2D eigenvalue weighted by Crippen LogP contribution is -2.41. The molecule has 22 heavy (non-hydrogen) atoms. The van der Waals surface area contributed by atoms with Crippen LogP contribution in [0.4, 0.5) is 10.5 Å². The summed E-state index contributed by atoms with van der Waals surface area (Å²) in [6, 6.07) is 2.28. The second-order valence-corrected chi connectivity index (χ2v) is 5.28. The van der Waals surface area contributed by atoms with E-state index in [1.54, 1.807) is 29.8 Å². The average molecular weight is 303 g/mol. The van der Waals surface area contributed by atoms with E-state index in [1.165, 1.54) is 7.11 Å². The molecule has 1 atom stereocenters. The smallest absolute Gasteiger partial charge is 0.328 e. The Kier molecular flexibility index (Phi) is 3.66. The van der Waals surface area contributed by atoms with E-state index in [0.717, 1.165) is 18.7 Å². The minimum Gasteiger partial charge on any atom is -0.467 e. The maximum absolute atomic E-state index is 12.0. The van der Waals surface area contributed by atoms with E-state index < -0.39 is 18.0 Å². The first-order chi connectivity index (χ1) is 10.6. The summed E-state index contributed by atoms with van der Waals surface area (Å²) in [7, 11) is 1.27. The maximum Gasteiger partial charge on any atom is 0.328 e. The highest BCUT2D eigenvalue weighted by Crippen LogP contribution is 2.38. The number of esters is 1. The Hall–Kier alpha value is -2.64. The van der Waals surface area contributed by atoms with Crippen LogP contribution < -0.4 is 10.6 Å². The van der Waals surface area contributed by atoms with Crippen molar-refractivity contribution in [3.05, 3.63) is 24.2 Å². The first-order valence-corrected chi connectivity index (χ1v) is 7.09. The Morgan fingerprint density at radius 2 is 2.23 bits per heavy atom. The molecule has 2 amide bonds. The summed E-state index contributed by atoms with van der Waals surface area (Å²) in [6.07, 6.45) is 4.00. The maximum atomic E-state index is 12.0. The van der Waals surface area contributed by atoms with Crippen LogP contribution in [0.3, 0.4) is 0 Å². The molecular formula is C14H17N5O3. The molecule has 2 heterocycles. The van der Waals surface area contributed by atoms with E-state index in [0.29, 0.717) is 17.3 Å². The van der Waals surface area contributed by atoms with Crippen LogP contribution in [0.25, 0.3) is 5.65 Å². The Morgan fingerprint density at radius 1 is 1.45 bits per heavy atom. The number of urea groups is 1. The third-order valence-electron chi connectivity index (χ3n) is 3.47. The zero-order valence-electron chi connectivity index (χ0n) is 12.4. The van der Waals surface area contributed by atoms with Gasteiger partial charge in [0.2, 0.25) is 0 Å². The van der Waals surface area contributed by atoms with Crippen molar-refractivity contribution in [2.24, 2.45) is 0 Å². The number of aromatic nitrogens is 3. The van der Waals surface area contributed by atoms with Gasteiger partial charge in [-0.05, 0) is 31.9 Å². The molecule has 0 saturated heterocycles. The van der Waals surface area contributed by atoms with Gasteiger partial charge < -0.3 is 15.4 Å². The van der Waals surface area contributed by atoms with E-state index in [-0.39, 0.29) is 0 Å². The van der Waals surface area contributed by atoms with Crippen molar-refractivity contribution in [3.63, 3.8) is 0 Å². The van der Waals surface area contributed by atoms with Gasteiger partial charge in [-0.25, -0.2) is 19.1 Å². The van der Waals surface area contributed by atoms with Crippen molar-refractivity contribution in [1.29, 1.82) is 0 Å². The predicted octanol–water partition coefficient (Wildman–Crippen LogP) is 1.29. The number of nitrogens with zero attached hydrogens (tertiary/aromatic N) is 3. The molecule has 8 heteroatoms. The molecule has 0 spiro atoms. The van der Waals surface area contributed by atoms with Gasteiger partial charge in [0.15, 0.2) is 11.5 Å². The van der Waals surface area contributed by atoms with E-state index in [1.807, 2.05) is 0 Å². The van der Waals surface area contributed by atoms with Gasteiger partial charge in [-0.15, -0.1) is 0 Å². The number of rotatable bonds is 4. The molecule has 2 aromatic rings. The van der Waals surface area contributed by atoms with Gasteiger partial charge in [0.1, 0.15) is 6.04 Å². The SMILES string of the molecule is COC(=O)[C@H](C)NC(=O)Nc1cccn2nc(C3CC3)nc12. The zero-order valence-corrected chi connectivity index (χ0v) is 12.4.